The van der Waals surface area contributed by atoms with E-state index >= 15 is 0 Å². The fraction of sp³-hybridized carbons (Fsp3) is 0.214. The molecule has 4 rings (SSSR count). The topological polar surface area (TPSA) is 78.8 Å². The minimum absolute atomic E-state index is 0.0229. The van der Waals surface area contributed by atoms with Gasteiger partial charge in [-0.15, -0.1) is 0 Å². The molecule has 2 amide bonds. The van der Waals surface area contributed by atoms with Crippen LogP contribution in [0.25, 0.3) is 0 Å². The van der Waals surface area contributed by atoms with E-state index in [0.29, 0.717) is 23.0 Å². The lowest BCUT2D eigenvalue weighted by Gasteiger charge is -2.17. The number of aryl methyl sites for hydroxylation is 2. The molecule has 7 heteroatoms. The van der Waals surface area contributed by atoms with Crippen LogP contribution in [0, 0.1) is 13.8 Å². The SMILES string of the molecule is CC(=O)c1ccc(NC(=O)CC2SC(=Nc3cc(C)ccc3C)N(Cc3ccccc3)C2=O)cc1. The van der Waals surface area contributed by atoms with Gasteiger partial charge in [-0.2, -0.15) is 0 Å². The van der Waals surface area contributed by atoms with Crippen molar-refractivity contribution in [3.63, 3.8) is 0 Å². The second kappa shape index (κ2) is 10.7. The molecule has 0 radical (unpaired) electrons. The fourth-order valence-corrected chi connectivity index (χ4v) is 4.90. The van der Waals surface area contributed by atoms with E-state index in [0.717, 1.165) is 22.4 Å². The summed E-state index contributed by atoms with van der Waals surface area (Å²) in [5, 5.41) is 2.85. The summed E-state index contributed by atoms with van der Waals surface area (Å²) in [6, 6.07) is 22.5. The Morgan fingerprint density at radius 3 is 2.40 bits per heavy atom. The van der Waals surface area contributed by atoms with Crippen LogP contribution >= 0.6 is 11.8 Å². The van der Waals surface area contributed by atoms with Crippen molar-refractivity contribution >= 4 is 45.9 Å². The van der Waals surface area contributed by atoms with Crippen LogP contribution in [-0.4, -0.2) is 32.9 Å². The van der Waals surface area contributed by atoms with E-state index in [4.69, 9.17) is 4.99 Å². The summed E-state index contributed by atoms with van der Waals surface area (Å²) >= 11 is 1.32. The van der Waals surface area contributed by atoms with Crippen LogP contribution in [0.5, 0.6) is 0 Å². The van der Waals surface area contributed by atoms with Crippen LogP contribution in [0.15, 0.2) is 77.8 Å². The number of nitrogens with one attached hydrogen (secondary N) is 1. The highest BCUT2D eigenvalue weighted by Gasteiger charge is 2.39. The second-order valence-corrected chi connectivity index (χ2v) is 9.76. The van der Waals surface area contributed by atoms with Gasteiger partial charge in [-0.3, -0.25) is 19.3 Å². The van der Waals surface area contributed by atoms with Crippen molar-refractivity contribution in [3.05, 3.63) is 95.1 Å². The van der Waals surface area contributed by atoms with Crippen molar-refractivity contribution in [1.29, 1.82) is 0 Å². The number of nitrogens with zero attached hydrogens (tertiary/aromatic N) is 2. The first-order valence-corrected chi connectivity index (χ1v) is 12.3. The number of benzene rings is 3. The van der Waals surface area contributed by atoms with E-state index in [9.17, 15) is 14.4 Å². The number of anilines is 1. The minimum Gasteiger partial charge on any atom is -0.326 e. The van der Waals surface area contributed by atoms with Crippen molar-refractivity contribution in [2.45, 2.75) is 39.0 Å². The molecule has 1 aliphatic heterocycles. The number of rotatable bonds is 7. The molecule has 1 fully saturated rings. The van der Waals surface area contributed by atoms with Crippen molar-refractivity contribution in [3.8, 4) is 0 Å². The largest absolute Gasteiger partial charge is 0.326 e. The highest BCUT2D eigenvalue weighted by molar-refractivity contribution is 8.15. The lowest BCUT2D eigenvalue weighted by atomic mass is 10.1. The summed E-state index contributed by atoms with van der Waals surface area (Å²) in [7, 11) is 0. The molecule has 1 N–H and O–H groups in total. The standard InChI is InChI=1S/C28H27N3O3S/c1-18-9-10-19(2)24(15-18)30-28-31(17-21-7-5-4-6-8-21)27(34)25(35-28)16-26(33)29-23-13-11-22(12-14-23)20(3)32/h4-15,25H,16-17H2,1-3H3,(H,29,33). The number of aliphatic imine (C=N–C) groups is 1. The first-order valence-electron chi connectivity index (χ1n) is 11.4. The first-order chi connectivity index (χ1) is 16.8. The number of amidine groups is 1. The summed E-state index contributed by atoms with van der Waals surface area (Å²) in [4.78, 5) is 44.1. The van der Waals surface area contributed by atoms with Crippen LogP contribution in [-0.2, 0) is 16.1 Å². The Balaban J connectivity index is 1.54. The molecule has 0 spiro atoms. The highest BCUT2D eigenvalue weighted by Crippen LogP contribution is 2.34. The van der Waals surface area contributed by atoms with E-state index in [2.05, 4.69) is 5.32 Å². The van der Waals surface area contributed by atoms with Gasteiger partial charge in [0.15, 0.2) is 11.0 Å². The molecule has 3 aromatic rings. The Labute approximate surface area is 209 Å². The molecule has 6 nitrogen and oxygen atoms in total. The summed E-state index contributed by atoms with van der Waals surface area (Å²) in [5.41, 5.74) is 5.07. The number of thioether (sulfide) groups is 1. The second-order valence-electron chi connectivity index (χ2n) is 8.59. The average molecular weight is 486 g/mol. The molecule has 35 heavy (non-hydrogen) atoms. The lowest BCUT2D eigenvalue weighted by molar-refractivity contribution is -0.128. The van der Waals surface area contributed by atoms with Gasteiger partial charge >= 0.3 is 0 Å². The Hall–Kier alpha value is -3.71. The summed E-state index contributed by atoms with van der Waals surface area (Å²) in [6.07, 6.45) is 0.0229. The Morgan fingerprint density at radius 2 is 1.71 bits per heavy atom. The predicted molar refractivity (Wildman–Crippen MR) is 141 cm³/mol. The maximum absolute atomic E-state index is 13.4. The van der Waals surface area contributed by atoms with E-state index in [1.807, 2.05) is 62.4 Å². The van der Waals surface area contributed by atoms with Gasteiger partial charge in [-0.05, 0) is 67.8 Å². The van der Waals surface area contributed by atoms with Gasteiger partial charge in [0.05, 0.1) is 12.2 Å². The Bertz CT molecular complexity index is 1290. The van der Waals surface area contributed by atoms with Gasteiger partial charge in [0.1, 0.15) is 5.25 Å². The average Bonchev–Trinajstić information content (AvgIpc) is 3.11. The summed E-state index contributed by atoms with van der Waals surface area (Å²) in [6.45, 7) is 5.88. The van der Waals surface area contributed by atoms with Gasteiger partial charge in [-0.25, -0.2) is 4.99 Å². The zero-order valence-corrected chi connectivity index (χ0v) is 20.8. The third-order valence-electron chi connectivity index (χ3n) is 5.73. The van der Waals surface area contributed by atoms with E-state index in [1.165, 1.54) is 18.7 Å². The van der Waals surface area contributed by atoms with Crippen LogP contribution in [0.3, 0.4) is 0 Å². The summed E-state index contributed by atoms with van der Waals surface area (Å²) in [5.74, 6) is -0.436. The van der Waals surface area contributed by atoms with E-state index < -0.39 is 5.25 Å². The molecule has 0 bridgehead atoms. The molecule has 1 saturated heterocycles. The molecule has 1 heterocycles. The quantitative estimate of drug-likeness (QED) is 0.438. The third-order valence-corrected chi connectivity index (χ3v) is 6.91. The molecule has 0 aliphatic carbocycles. The van der Waals surface area contributed by atoms with Crippen LogP contribution in [0.4, 0.5) is 11.4 Å². The van der Waals surface area contributed by atoms with Crippen molar-refractivity contribution in [1.82, 2.24) is 4.90 Å². The zero-order valence-electron chi connectivity index (χ0n) is 19.9. The molecular formula is C28H27N3O3S. The van der Waals surface area contributed by atoms with E-state index in [-0.39, 0.29) is 24.0 Å². The van der Waals surface area contributed by atoms with Crippen molar-refractivity contribution in [2.75, 3.05) is 5.32 Å². The molecule has 178 valence electrons. The number of Topliss-reactive ketones (excluding diaryl/α,β-unsaturated/α-hetero) is 1. The molecule has 0 saturated carbocycles. The van der Waals surface area contributed by atoms with Gasteiger partial charge in [0.2, 0.25) is 11.8 Å². The molecule has 1 atom stereocenters. The van der Waals surface area contributed by atoms with Crippen molar-refractivity contribution in [2.24, 2.45) is 4.99 Å². The number of carbonyl (C=O) groups excluding carboxylic acids is 3. The number of carbonyl (C=O) groups is 3. The number of hydrogen-bond donors (Lipinski definition) is 1. The van der Waals surface area contributed by atoms with Crippen LogP contribution < -0.4 is 5.32 Å². The molecule has 1 aliphatic rings. The highest BCUT2D eigenvalue weighted by atomic mass is 32.2. The Kier molecular flexibility index (Phi) is 7.46. The number of hydrogen-bond acceptors (Lipinski definition) is 5. The minimum atomic E-state index is -0.570. The maximum atomic E-state index is 13.4. The predicted octanol–water partition coefficient (Wildman–Crippen LogP) is 5.67. The normalized spacial score (nSPS) is 16.5. The van der Waals surface area contributed by atoms with Crippen molar-refractivity contribution < 1.29 is 14.4 Å². The monoisotopic (exact) mass is 485 g/mol. The molecule has 3 aromatic carbocycles. The molecule has 1 unspecified atom stereocenters. The van der Waals surface area contributed by atoms with Gasteiger partial charge < -0.3 is 5.32 Å². The van der Waals surface area contributed by atoms with Gasteiger partial charge in [0.25, 0.3) is 0 Å². The molecular weight excluding hydrogens is 458 g/mol. The van der Waals surface area contributed by atoms with Crippen LogP contribution in [0.2, 0.25) is 0 Å². The number of ketones is 1. The first kappa shape index (κ1) is 24.4. The van der Waals surface area contributed by atoms with Crippen LogP contribution in [0.1, 0.15) is 40.4 Å². The Morgan fingerprint density at radius 1 is 1.00 bits per heavy atom. The van der Waals surface area contributed by atoms with Gasteiger partial charge in [-0.1, -0.05) is 54.2 Å². The lowest BCUT2D eigenvalue weighted by Crippen LogP contribution is -2.33. The smallest absolute Gasteiger partial charge is 0.242 e. The summed E-state index contributed by atoms with van der Waals surface area (Å²) < 4.78 is 0. The fourth-order valence-electron chi connectivity index (χ4n) is 3.75. The number of amides is 2. The zero-order chi connectivity index (χ0) is 24.9. The maximum Gasteiger partial charge on any atom is 0.242 e. The van der Waals surface area contributed by atoms with E-state index in [1.54, 1.807) is 29.2 Å². The third kappa shape index (κ3) is 6.05. The van der Waals surface area contributed by atoms with Gasteiger partial charge in [0, 0.05) is 17.7 Å². The molecule has 0 aromatic heterocycles.